The van der Waals surface area contributed by atoms with Gasteiger partial charge in [0.15, 0.2) is 5.78 Å². The van der Waals surface area contributed by atoms with E-state index in [1.807, 2.05) is 6.92 Å². The number of ketones is 1. The smallest absolute Gasteiger partial charge is 0.370 e. The molecule has 1 rings (SSSR count). The lowest BCUT2D eigenvalue weighted by atomic mass is 10.0. The van der Waals surface area contributed by atoms with Crippen LogP contribution in [-0.4, -0.2) is 18.5 Å². The first kappa shape index (κ1) is 15.7. The van der Waals surface area contributed by atoms with Crippen molar-refractivity contribution in [3.05, 3.63) is 35.4 Å². The van der Waals surface area contributed by atoms with Gasteiger partial charge in [-0.1, -0.05) is 25.5 Å². The van der Waals surface area contributed by atoms with Gasteiger partial charge in [-0.25, -0.2) is 0 Å². The summed E-state index contributed by atoms with van der Waals surface area (Å²) in [4.78, 5) is 12.1. The molecule has 0 saturated carbocycles. The second-order valence-electron chi connectivity index (χ2n) is 4.18. The molecule has 0 aliphatic carbocycles. The van der Waals surface area contributed by atoms with Gasteiger partial charge in [0.1, 0.15) is 6.10 Å². The topological polar surface area (TPSA) is 26.3 Å². The third kappa shape index (κ3) is 4.35. The molecule has 1 atom stereocenters. The van der Waals surface area contributed by atoms with Crippen molar-refractivity contribution in [1.82, 2.24) is 0 Å². The van der Waals surface area contributed by atoms with E-state index in [-0.39, 0.29) is 5.56 Å². The molecule has 0 amide bonds. The van der Waals surface area contributed by atoms with Crippen molar-refractivity contribution in [2.24, 2.45) is 0 Å². The molecular weight excluding hydrogens is 257 g/mol. The fourth-order valence-electron chi connectivity index (χ4n) is 1.79. The minimum absolute atomic E-state index is 0.0433. The van der Waals surface area contributed by atoms with Gasteiger partial charge in [0.2, 0.25) is 0 Å². The average molecular weight is 274 g/mol. The normalized spacial score (nSPS) is 13.3. The number of ether oxygens (including phenoxy) is 1. The zero-order valence-electron chi connectivity index (χ0n) is 11.0. The molecule has 19 heavy (non-hydrogen) atoms. The zero-order chi connectivity index (χ0) is 14.5. The Labute approximate surface area is 110 Å². The molecule has 2 nitrogen and oxygen atoms in total. The molecular formula is C14H17F3O2. The first-order valence-electron chi connectivity index (χ1n) is 6.23. The number of halogens is 3. The van der Waals surface area contributed by atoms with Crippen LogP contribution in [-0.2, 0) is 10.9 Å². The second kappa shape index (κ2) is 6.70. The maximum atomic E-state index is 12.6. The Morgan fingerprint density at radius 3 is 2.53 bits per heavy atom. The minimum Gasteiger partial charge on any atom is -0.370 e. The van der Waals surface area contributed by atoms with Gasteiger partial charge in [0, 0.05) is 12.2 Å². The lowest BCUT2D eigenvalue weighted by Crippen LogP contribution is -2.24. The van der Waals surface area contributed by atoms with Crippen molar-refractivity contribution >= 4 is 5.78 Å². The number of carbonyl (C=O) groups excluding carboxylic acids is 1. The predicted molar refractivity (Wildman–Crippen MR) is 66.1 cm³/mol. The molecule has 1 aromatic carbocycles. The number of hydrogen-bond acceptors (Lipinski definition) is 2. The van der Waals surface area contributed by atoms with Crippen LogP contribution in [0.4, 0.5) is 13.2 Å². The molecule has 106 valence electrons. The van der Waals surface area contributed by atoms with E-state index in [4.69, 9.17) is 4.74 Å². The second-order valence-corrected chi connectivity index (χ2v) is 4.18. The Bertz CT molecular complexity index is 421. The van der Waals surface area contributed by atoms with Gasteiger partial charge >= 0.3 is 6.18 Å². The summed E-state index contributed by atoms with van der Waals surface area (Å²) < 4.78 is 43.1. The van der Waals surface area contributed by atoms with Crippen molar-refractivity contribution in [2.45, 2.75) is 39.0 Å². The van der Waals surface area contributed by atoms with E-state index in [1.165, 1.54) is 12.1 Å². The minimum atomic E-state index is -4.44. The molecule has 0 radical (unpaired) electrons. The van der Waals surface area contributed by atoms with Crippen LogP contribution in [0.25, 0.3) is 0 Å². The van der Waals surface area contributed by atoms with Gasteiger partial charge in [-0.3, -0.25) is 4.79 Å². The molecule has 1 aromatic rings. The van der Waals surface area contributed by atoms with Crippen LogP contribution in [0.15, 0.2) is 24.3 Å². The number of alkyl halides is 3. The third-order valence-corrected chi connectivity index (χ3v) is 2.69. The van der Waals surface area contributed by atoms with E-state index in [1.54, 1.807) is 6.92 Å². The van der Waals surface area contributed by atoms with E-state index in [0.29, 0.717) is 13.0 Å². The highest BCUT2D eigenvalue weighted by Gasteiger charge is 2.31. The first-order valence-corrected chi connectivity index (χ1v) is 6.23. The fourth-order valence-corrected chi connectivity index (χ4v) is 1.79. The van der Waals surface area contributed by atoms with Crippen LogP contribution in [0.5, 0.6) is 0 Å². The molecule has 0 aliphatic heterocycles. The number of benzene rings is 1. The van der Waals surface area contributed by atoms with Gasteiger partial charge in [0.25, 0.3) is 0 Å². The van der Waals surface area contributed by atoms with Crippen molar-refractivity contribution in [2.75, 3.05) is 6.61 Å². The summed E-state index contributed by atoms with van der Waals surface area (Å²) in [5, 5.41) is 0. The highest BCUT2D eigenvalue weighted by molar-refractivity contribution is 5.99. The van der Waals surface area contributed by atoms with Gasteiger partial charge < -0.3 is 4.74 Å². The largest absolute Gasteiger partial charge is 0.416 e. The Hall–Kier alpha value is -1.36. The summed E-state index contributed by atoms with van der Waals surface area (Å²) in [7, 11) is 0. The molecule has 0 fully saturated rings. The van der Waals surface area contributed by atoms with Crippen molar-refractivity contribution < 1.29 is 22.7 Å². The highest BCUT2D eigenvalue weighted by Crippen LogP contribution is 2.30. The van der Waals surface area contributed by atoms with Crippen LogP contribution in [0, 0.1) is 0 Å². The molecule has 0 heterocycles. The van der Waals surface area contributed by atoms with E-state index in [2.05, 4.69) is 0 Å². The van der Waals surface area contributed by atoms with Gasteiger partial charge in [-0.2, -0.15) is 13.2 Å². The van der Waals surface area contributed by atoms with Crippen LogP contribution >= 0.6 is 0 Å². The quantitative estimate of drug-likeness (QED) is 0.730. The third-order valence-electron chi connectivity index (χ3n) is 2.69. The lowest BCUT2D eigenvalue weighted by molar-refractivity contribution is -0.137. The van der Waals surface area contributed by atoms with Gasteiger partial charge in [0.05, 0.1) is 5.56 Å². The number of carbonyl (C=O) groups is 1. The predicted octanol–water partition coefficient (Wildman–Crippen LogP) is 4.09. The van der Waals surface area contributed by atoms with Crippen molar-refractivity contribution in [3.63, 3.8) is 0 Å². The van der Waals surface area contributed by atoms with E-state index >= 15 is 0 Å². The Morgan fingerprint density at radius 2 is 2.00 bits per heavy atom. The van der Waals surface area contributed by atoms with Crippen molar-refractivity contribution in [1.29, 1.82) is 0 Å². The number of rotatable bonds is 6. The lowest BCUT2D eigenvalue weighted by Gasteiger charge is -2.16. The maximum absolute atomic E-state index is 12.6. The Morgan fingerprint density at radius 1 is 1.32 bits per heavy atom. The monoisotopic (exact) mass is 274 g/mol. The molecule has 0 N–H and O–H groups in total. The molecule has 0 aliphatic rings. The number of hydrogen-bond donors (Lipinski definition) is 0. The fraction of sp³-hybridized carbons (Fsp3) is 0.500. The number of Topliss-reactive ketones (excluding diaryl/α,β-unsaturated/α-hetero) is 1. The molecule has 0 aromatic heterocycles. The Kier molecular flexibility index (Phi) is 5.54. The summed E-state index contributed by atoms with van der Waals surface area (Å²) in [5.41, 5.74) is -0.771. The standard InChI is InChI=1S/C14H17F3O2/c1-3-6-12(19-4-2)13(18)10-7-5-8-11(9-10)14(15,16)17/h5,7-9,12H,3-4,6H2,1-2H3. The molecule has 0 spiro atoms. The SMILES string of the molecule is CCCC(OCC)C(=O)c1cccc(C(F)(F)F)c1. The summed E-state index contributed by atoms with van der Waals surface area (Å²) >= 11 is 0. The van der Waals surface area contributed by atoms with Crippen molar-refractivity contribution in [3.8, 4) is 0 Å². The van der Waals surface area contributed by atoms with E-state index < -0.39 is 23.6 Å². The molecule has 0 bridgehead atoms. The highest BCUT2D eigenvalue weighted by atomic mass is 19.4. The maximum Gasteiger partial charge on any atom is 0.416 e. The van der Waals surface area contributed by atoms with Crippen LogP contribution in [0.1, 0.15) is 42.6 Å². The molecule has 5 heteroatoms. The summed E-state index contributed by atoms with van der Waals surface area (Å²) in [5.74, 6) is -0.394. The summed E-state index contributed by atoms with van der Waals surface area (Å²) in [6.07, 6.45) is -3.88. The van der Waals surface area contributed by atoms with Crippen LogP contribution < -0.4 is 0 Å². The van der Waals surface area contributed by atoms with E-state index in [9.17, 15) is 18.0 Å². The Balaban J connectivity index is 2.98. The van der Waals surface area contributed by atoms with Gasteiger partial charge in [-0.15, -0.1) is 0 Å². The van der Waals surface area contributed by atoms with Crippen LogP contribution in [0.3, 0.4) is 0 Å². The first-order chi connectivity index (χ1) is 8.90. The van der Waals surface area contributed by atoms with Crippen LogP contribution in [0.2, 0.25) is 0 Å². The van der Waals surface area contributed by atoms with Gasteiger partial charge in [-0.05, 0) is 25.5 Å². The molecule has 0 saturated heterocycles. The summed E-state index contributed by atoms with van der Waals surface area (Å²) in [6, 6.07) is 4.46. The summed E-state index contributed by atoms with van der Waals surface area (Å²) in [6.45, 7) is 4.00. The molecule has 1 unspecified atom stereocenters. The van der Waals surface area contributed by atoms with E-state index in [0.717, 1.165) is 18.6 Å². The zero-order valence-corrected chi connectivity index (χ0v) is 11.0. The average Bonchev–Trinajstić information content (AvgIpc) is 2.37.